The molecule has 5 atom stereocenters. The maximum absolute atomic E-state index is 16.4. The molecule has 13 nitrogen and oxygen atoms in total. The average Bonchev–Trinajstić information content (AvgIpc) is 3.68. The molecule has 1 fully saturated rings. The largest absolute Gasteiger partial charge is 0.497 e. The number of hydrogen-bond acceptors (Lipinski definition) is 13. The molecule has 0 spiro atoms. The van der Waals surface area contributed by atoms with Gasteiger partial charge in [-0.2, -0.15) is 0 Å². The number of anilines is 1. The van der Waals surface area contributed by atoms with Crippen molar-refractivity contribution in [2.24, 2.45) is 5.41 Å². The Balaban J connectivity index is 1.30. The summed E-state index contributed by atoms with van der Waals surface area (Å²) >= 11 is 1.10. The van der Waals surface area contributed by atoms with Crippen molar-refractivity contribution in [3.05, 3.63) is 114 Å². The maximum atomic E-state index is 16.4. The van der Waals surface area contributed by atoms with Crippen molar-refractivity contribution >= 4 is 42.0 Å². The molecule has 6 rings (SSSR count). The van der Waals surface area contributed by atoms with Crippen LogP contribution < -0.4 is 14.8 Å². The van der Waals surface area contributed by atoms with Gasteiger partial charge in [0.05, 0.1) is 32.8 Å². The zero-order chi connectivity index (χ0) is 41.0. The standard InChI is InChI=1S/C41H48FN4O9PS/c1-7-39(2,3)38(48)57-22-21-53-56(50)54-24-32-34(47)40(4,49)37(55-32)46-23-31(42)33-35(43-25-44-36(33)46)45-41(26-11-9-8-10-12-26,27-13-17-29(51-5)18-14-27)28-15-19-30(52-6)20-16-28/h8-20,23,25,32,34,37,47,49,56H,7,21-22,24H2,1-6H3,(H,43,44,45)/t32-,34?,37-,40+/m1/s1. The summed E-state index contributed by atoms with van der Waals surface area (Å²) in [6.07, 6.45) is -0.941. The lowest BCUT2D eigenvalue weighted by Gasteiger charge is -2.37. The number of thioether (sulfide) groups is 1. The number of hydrogen-bond donors (Lipinski definition) is 3. The molecule has 1 aliphatic heterocycles. The predicted molar refractivity (Wildman–Crippen MR) is 216 cm³/mol. The number of rotatable bonds is 17. The Hall–Kier alpha value is -4.34. The average molecular weight is 823 g/mol. The van der Waals surface area contributed by atoms with Gasteiger partial charge in [0.2, 0.25) is 0 Å². The van der Waals surface area contributed by atoms with Crippen molar-refractivity contribution in [2.75, 3.05) is 38.5 Å². The third kappa shape index (κ3) is 8.61. The van der Waals surface area contributed by atoms with Crippen molar-refractivity contribution in [3.63, 3.8) is 0 Å². The topological polar surface area (TPSA) is 163 Å². The number of carbonyl (C=O) groups is 1. The van der Waals surface area contributed by atoms with Crippen LogP contribution in [0.4, 0.5) is 10.2 Å². The predicted octanol–water partition coefficient (Wildman–Crippen LogP) is 7.12. The lowest BCUT2D eigenvalue weighted by molar-refractivity contribution is -0.118. The van der Waals surface area contributed by atoms with Gasteiger partial charge in [0.25, 0.3) is 0 Å². The van der Waals surface area contributed by atoms with Crippen molar-refractivity contribution in [1.82, 2.24) is 14.5 Å². The third-order valence-electron chi connectivity index (χ3n) is 10.5. The van der Waals surface area contributed by atoms with Gasteiger partial charge in [-0.1, -0.05) is 87.1 Å². The first kappa shape index (κ1) is 42.3. The van der Waals surface area contributed by atoms with Crippen molar-refractivity contribution < 1.29 is 47.2 Å². The van der Waals surface area contributed by atoms with Crippen LogP contribution in [-0.4, -0.2) is 80.9 Å². The fraction of sp³-hybridized carbons (Fsp3) is 0.390. The molecular formula is C41H48FN4O9PS. The van der Waals surface area contributed by atoms with Gasteiger partial charge < -0.3 is 38.8 Å². The summed E-state index contributed by atoms with van der Waals surface area (Å²) in [5.41, 5.74) is -1.13. The number of aliphatic hydroxyl groups is 2. The molecule has 57 heavy (non-hydrogen) atoms. The van der Waals surface area contributed by atoms with E-state index >= 15 is 4.39 Å². The molecule has 0 bridgehead atoms. The first-order valence-corrected chi connectivity index (χ1v) is 20.6. The van der Waals surface area contributed by atoms with E-state index in [9.17, 15) is 19.6 Å². The molecular weight excluding hydrogens is 775 g/mol. The van der Waals surface area contributed by atoms with Crippen LogP contribution in [-0.2, 0) is 28.7 Å². The van der Waals surface area contributed by atoms with Crippen LogP contribution in [0.2, 0.25) is 0 Å². The van der Waals surface area contributed by atoms with E-state index in [1.807, 2.05) is 99.6 Å². The van der Waals surface area contributed by atoms with E-state index in [0.717, 1.165) is 34.6 Å². The zero-order valence-electron chi connectivity index (χ0n) is 32.6. The van der Waals surface area contributed by atoms with Gasteiger partial charge in [0.1, 0.15) is 47.0 Å². The number of aliphatic hydroxyl groups excluding tert-OH is 1. The van der Waals surface area contributed by atoms with Gasteiger partial charge in [0.15, 0.2) is 22.8 Å². The minimum Gasteiger partial charge on any atom is -0.497 e. The first-order chi connectivity index (χ1) is 27.3. The second kappa shape index (κ2) is 17.7. The molecule has 16 heteroatoms. The Morgan fingerprint density at radius 2 is 1.58 bits per heavy atom. The summed E-state index contributed by atoms with van der Waals surface area (Å²) < 4.78 is 58.0. The number of fused-ring (bicyclic) bond motifs is 1. The highest BCUT2D eigenvalue weighted by Gasteiger charge is 2.54. The highest BCUT2D eigenvalue weighted by molar-refractivity contribution is 8.13. The van der Waals surface area contributed by atoms with Crippen LogP contribution in [0.15, 0.2) is 91.4 Å². The number of nitrogens with zero attached hydrogens (tertiary/aromatic N) is 3. The monoisotopic (exact) mass is 822 g/mol. The summed E-state index contributed by atoms with van der Waals surface area (Å²) in [4.78, 5) is 21.3. The Morgan fingerprint density at radius 3 is 2.16 bits per heavy atom. The van der Waals surface area contributed by atoms with E-state index in [-0.39, 0.29) is 28.6 Å². The van der Waals surface area contributed by atoms with Crippen LogP contribution in [0.5, 0.6) is 11.5 Å². The smallest absolute Gasteiger partial charge is 0.319 e. The fourth-order valence-electron chi connectivity index (χ4n) is 6.75. The van der Waals surface area contributed by atoms with Gasteiger partial charge in [-0.3, -0.25) is 13.9 Å². The van der Waals surface area contributed by atoms with Gasteiger partial charge in [-0.05, 0) is 54.3 Å². The van der Waals surface area contributed by atoms with Crippen molar-refractivity contribution in [3.8, 4) is 11.5 Å². The summed E-state index contributed by atoms with van der Waals surface area (Å²) in [6.45, 7) is 6.63. The molecule has 0 amide bonds. The van der Waals surface area contributed by atoms with Gasteiger partial charge in [0, 0.05) is 17.4 Å². The summed E-state index contributed by atoms with van der Waals surface area (Å²) in [6, 6.07) is 24.7. The Bertz CT molecular complexity index is 2120. The molecule has 0 aliphatic carbocycles. The van der Waals surface area contributed by atoms with E-state index in [1.165, 1.54) is 17.8 Å². The molecule has 5 aromatic rings. The normalized spacial score (nSPS) is 20.4. The molecule has 0 radical (unpaired) electrons. The molecule has 2 aromatic heterocycles. The molecule has 0 saturated carbocycles. The molecule has 1 aliphatic rings. The number of halogens is 1. The lowest BCUT2D eigenvalue weighted by atomic mass is 9.77. The van der Waals surface area contributed by atoms with E-state index in [1.54, 1.807) is 14.2 Å². The summed E-state index contributed by atoms with van der Waals surface area (Å²) in [5.74, 6) is 1.01. The zero-order valence-corrected chi connectivity index (χ0v) is 34.4. The molecule has 2 unspecified atom stereocenters. The minimum atomic E-state index is -3.04. The van der Waals surface area contributed by atoms with Gasteiger partial charge in [-0.25, -0.2) is 14.4 Å². The molecule has 1 saturated heterocycles. The maximum Gasteiger partial charge on any atom is 0.319 e. The number of carbonyl (C=O) groups excluding carboxylic acids is 1. The first-order valence-electron chi connectivity index (χ1n) is 18.4. The number of nitrogens with one attached hydrogen (secondary N) is 1. The van der Waals surface area contributed by atoms with E-state index in [2.05, 4.69) is 15.3 Å². The van der Waals surface area contributed by atoms with Crippen molar-refractivity contribution in [1.29, 1.82) is 0 Å². The number of ether oxygens (including phenoxy) is 3. The molecule has 304 valence electrons. The minimum absolute atomic E-state index is 0.00514. The number of benzene rings is 3. The summed E-state index contributed by atoms with van der Waals surface area (Å²) in [5, 5.41) is 26.4. The highest BCUT2D eigenvalue weighted by atomic mass is 32.2. The molecule has 3 N–H and O–H groups in total. The second-order valence-electron chi connectivity index (χ2n) is 14.5. The van der Waals surface area contributed by atoms with E-state index < -0.39 is 55.7 Å². The third-order valence-corrected chi connectivity index (χ3v) is 12.5. The van der Waals surface area contributed by atoms with Crippen LogP contribution in [0.25, 0.3) is 11.0 Å². The SMILES string of the molecule is CCC(C)(C)C(=O)SCCO[PH](=O)OC[C@H]1O[C@@H](n2cc(F)c3c(NC(c4ccccc4)(c4ccc(OC)cc4)c4ccc(OC)cc4)ncnc32)[C@@](C)(O)C1O. The second-order valence-corrected chi connectivity index (χ2v) is 16.6. The summed E-state index contributed by atoms with van der Waals surface area (Å²) in [7, 11) is 0.132. The van der Waals surface area contributed by atoms with E-state index in [0.29, 0.717) is 23.7 Å². The van der Waals surface area contributed by atoms with Crippen LogP contribution in [0.1, 0.15) is 57.0 Å². The van der Waals surface area contributed by atoms with Gasteiger partial charge in [-0.15, -0.1) is 0 Å². The van der Waals surface area contributed by atoms with Crippen LogP contribution >= 0.6 is 20.0 Å². The Morgan fingerprint density at radius 1 is 0.982 bits per heavy atom. The number of aromatic nitrogens is 3. The fourth-order valence-corrected chi connectivity index (χ4v) is 8.43. The van der Waals surface area contributed by atoms with E-state index in [4.69, 9.17) is 23.3 Å². The van der Waals surface area contributed by atoms with Crippen LogP contribution in [0.3, 0.4) is 0 Å². The van der Waals surface area contributed by atoms with Gasteiger partial charge >= 0.3 is 8.25 Å². The quantitative estimate of drug-likeness (QED) is 0.0494. The van der Waals surface area contributed by atoms with Crippen LogP contribution in [0, 0.1) is 11.2 Å². The molecule has 3 heterocycles. The Labute approximate surface area is 335 Å². The molecule has 3 aromatic carbocycles. The number of methoxy groups -OCH3 is 2. The lowest BCUT2D eigenvalue weighted by Crippen LogP contribution is -2.44. The van der Waals surface area contributed by atoms with Crippen molar-refractivity contribution in [2.45, 2.75) is 63.7 Å². The highest BCUT2D eigenvalue weighted by Crippen LogP contribution is 2.45. The Kier molecular flexibility index (Phi) is 13.1.